The molecule has 4 rings (SSSR count). The Balaban J connectivity index is 1.30. The molecule has 1 unspecified atom stereocenters. The molecule has 3 heterocycles. The van der Waals surface area contributed by atoms with E-state index in [0.717, 1.165) is 17.7 Å². The van der Waals surface area contributed by atoms with Gasteiger partial charge in [0, 0.05) is 56.6 Å². The van der Waals surface area contributed by atoms with Crippen molar-refractivity contribution in [2.45, 2.75) is 32.0 Å². The molecule has 0 aliphatic carbocycles. The third kappa shape index (κ3) is 5.37. The van der Waals surface area contributed by atoms with E-state index in [1.807, 2.05) is 6.07 Å². The van der Waals surface area contributed by atoms with E-state index in [4.69, 9.17) is 0 Å². The second-order valence-corrected chi connectivity index (χ2v) is 8.63. The van der Waals surface area contributed by atoms with Crippen LogP contribution in [0.15, 0.2) is 48.8 Å². The summed E-state index contributed by atoms with van der Waals surface area (Å²) in [6, 6.07) is 8.25. The predicted molar refractivity (Wildman–Crippen MR) is 117 cm³/mol. The van der Waals surface area contributed by atoms with Crippen molar-refractivity contribution in [1.29, 1.82) is 0 Å². The van der Waals surface area contributed by atoms with Gasteiger partial charge in [-0.1, -0.05) is 12.1 Å². The lowest BCUT2D eigenvalue weighted by Crippen LogP contribution is -2.45. The second-order valence-electron chi connectivity index (χ2n) is 8.63. The number of piperidine rings is 1. The topological polar surface area (TPSA) is 82.6 Å². The van der Waals surface area contributed by atoms with Gasteiger partial charge in [0.05, 0.1) is 11.5 Å². The van der Waals surface area contributed by atoms with Crippen LogP contribution in [0.1, 0.15) is 30.4 Å². The van der Waals surface area contributed by atoms with Gasteiger partial charge < -0.3 is 15.1 Å². The monoisotopic (exact) mass is 474 g/mol. The van der Waals surface area contributed by atoms with Crippen LogP contribution in [0.25, 0.3) is 0 Å². The molecular formula is C24H25F3N4O3. The number of anilines is 1. The molecule has 2 aliphatic heterocycles. The highest BCUT2D eigenvalue weighted by Crippen LogP contribution is 2.34. The molecule has 1 atom stereocenters. The zero-order valence-corrected chi connectivity index (χ0v) is 18.4. The van der Waals surface area contributed by atoms with Crippen molar-refractivity contribution in [3.63, 3.8) is 0 Å². The number of pyridine rings is 1. The van der Waals surface area contributed by atoms with E-state index < -0.39 is 17.7 Å². The van der Waals surface area contributed by atoms with Crippen LogP contribution < -0.4 is 10.2 Å². The average molecular weight is 474 g/mol. The van der Waals surface area contributed by atoms with Crippen molar-refractivity contribution in [3.8, 4) is 0 Å². The molecule has 0 saturated carbocycles. The maximum absolute atomic E-state index is 13.0. The molecule has 2 aromatic rings. The first-order valence-electron chi connectivity index (χ1n) is 11.2. The maximum Gasteiger partial charge on any atom is 0.416 e. The number of aromatic nitrogens is 1. The molecule has 0 spiro atoms. The molecule has 180 valence electrons. The number of nitrogens with one attached hydrogen (secondary N) is 1. The Bertz CT molecular complexity index is 1050. The molecule has 2 saturated heterocycles. The highest BCUT2D eigenvalue weighted by molar-refractivity contribution is 6.00. The van der Waals surface area contributed by atoms with Crippen molar-refractivity contribution in [2.24, 2.45) is 11.8 Å². The molecular weight excluding hydrogens is 449 g/mol. The van der Waals surface area contributed by atoms with Crippen LogP contribution in [0.4, 0.5) is 18.9 Å². The third-order valence-corrected chi connectivity index (χ3v) is 6.33. The standard InChI is InChI=1S/C24H25F3N4O3/c25-24(26,27)19-4-1-5-20(12-19)31-15-18(11-21(31)32)23(34)30-9-6-17(7-10-30)22(33)29-14-16-3-2-8-28-13-16/h1-5,8,12-13,17-18H,6-7,9-11,14-15H2,(H,29,33). The first kappa shape index (κ1) is 23.7. The average Bonchev–Trinajstić information content (AvgIpc) is 3.24. The normalized spacial score (nSPS) is 19.4. The Morgan fingerprint density at radius 1 is 1.09 bits per heavy atom. The summed E-state index contributed by atoms with van der Waals surface area (Å²) in [5.41, 5.74) is 0.204. The molecule has 7 nitrogen and oxygen atoms in total. The van der Waals surface area contributed by atoms with E-state index >= 15 is 0 Å². The number of nitrogens with zero attached hydrogens (tertiary/aromatic N) is 3. The molecule has 1 aromatic heterocycles. The molecule has 2 aliphatic rings. The molecule has 34 heavy (non-hydrogen) atoms. The Kier molecular flexibility index (Phi) is 6.85. The van der Waals surface area contributed by atoms with Gasteiger partial charge in [0.2, 0.25) is 17.7 Å². The highest BCUT2D eigenvalue weighted by Gasteiger charge is 2.39. The number of carbonyl (C=O) groups excluding carboxylic acids is 3. The van der Waals surface area contributed by atoms with Gasteiger partial charge in [0.1, 0.15) is 0 Å². The van der Waals surface area contributed by atoms with E-state index in [1.165, 1.54) is 17.0 Å². The number of likely N-dealkylation sites (tertiary alicyclic amines) is 1. The summed E-state index contributed by atoms with van der Waals surface area (Å²) in [5.74, 6) is -1.45. The Morgan fingerprint density at radius 2 is 1.85 bits per heavy atom. The van der Waals surface area contributed by atoms with E-state index in [-0.39, 0.29) is 42.3 Å². The fraction of sp³-hybridized carbons (Fsp3) is 0.417. The fourth-order valence-electron chi connectivity index (χ4n) is 4.43. The maximum atomic E-state index is 13.0. The minimum atomic E-state index is -4.51. The van der Waals surface area contributed by atoms with Crippen LogP contribution in [0.3, 0.4) is 0 Å². The predicted octanol–water partition coefficient (Wildman–Crippen LogP) is 3.01. The van der Waals surface area contributed by atoms with Gasteiger partial charge in [0.15, 0.2) is 0 Å². The second kappa shape index (κ2) is 9.82. The fourth-order valence-corrected chi connectivity index (χ4v) is 4.43. The summed E-state index contributed by atoms with van der Waals surface area (Å²) in [5, 5.41) is 2.90. The van der Waals surface area contributed by atoms with Crippen molar-refractivity contribution in [1.82, 2.24) is 15.2 Å². The van der Waals surface area contributed by atoms with Crippen LogP contribution in [0.5, 0.6) is 0 Å². The molecule has 1 aromatic carbocycles. The zero-order valence-electron chi connectivity index (χ0n) is 18.4. The van der Waals surface area contributed by atoms with Crippen LogP contribution >= 0.6 is 0 Å². The first-order chi connectivity index (χ1) is 16.2. The van der Waals surface area contributed by atoms with Gasteiger partial charge in [-0.15, -0.1) is 0 Å². The van der Waals surface area contributed by atoms with Crippen LogP contribution in [-0.2, 0) is 27.1 Å². The molecule has 0 bridgehead atoms. The number of halogens is 3. The summed E-state index contributed by atoms with van der Waals surface area (Å²) in [6.45, 7) is 1.24. The third-order valence-electron chi connectivity index (χ3n) is 6.33. The number of rotatable bonds is 5. The first-order valence-corrected chi connectivity index (χ1v) is 11.2. The lowest BCUT2D eigenvalue weighted by atomic mass is 9.94. The van der Waals surface area contributed by atoms with Crippen LogP contribution in [0.2, 0.25) is 0 Å². The minimum absolute atomic E-state index is 0.0411. The summed E-state index contributed by atoms with van der Waals surface area (Å²) in [6.07, 6.45) is -0.170. The highest BCUT2D eigenvalue weighted by atomic mass is 19.4. The SMILES string of the molecule is O=C(NCc1cccnc1)C1CCN(C(=O)C2CC(=O)N(c3cccc(C(F)(F)F)c3)C2)CC1. The van der Waals surface area contributed by atoms with Gasteiger partial charge >= 0.3 is 6.18 Å². The summed E-state index contributed by atoms with van der Waals surface area (Å²) < 4.78 is 39.1. The number of benzene rings is 1. The number of hydrogen-bond acceptors (Lipinski definition) is 4. The number of hydrogen-bond donors (Lipinski definition) is 1. The minimum Gasteiger partial charge on any atom is -0.352 e. The van der Waals surface area contributed by atoms with Crippen molar-refractivity contribution < 1.29 is 27.6 Å². The lowest BCUT2D eigenvalue weighted by molar-refractivity contribution is -0.139. The van der Waals surface area contributed by atoms with Crippen LogP contribution in [-0.4, -0.2) is 47.2 Å². The number of amides is 3. The smallest absolute Gasteiger partial charge is 0.352 e. The molecule has 10 heteroatoms. The van der Waals surface area contributed by atoms with Gasteiger partial charge in [-0.3, -0.25) is 19.4 Å². The van der Waals surface area contributed by atoms with Crippen molar-refractivity contribution in [3.05, 3.63) is 59.9 Å². The number of carbonyl (C=O) groups is 3. The van der Waals surface area contributed by atoms with Gasteiger partial charge in [-0.2, -0.15) is 13.2 Å². The van der Waals surface area contributed by atoms with E-state index in [1.54, 1.807) is 23.4 Å². The van der Waals surface area contributed by atoms with E-state index in [0.29, 0.717) is 32.5 Å². The van der Waals surface area contributed by atoms with Gasteiger partial charge in [-0.05, 0) is 42.7 Å². The zero-order chi connectivity index (χ0) is 24.3. The Labute approximate surface area is 194 Å². The van der Waals surface area contributed by atoms with Gasteiger partial charge in [-0.25, -0.2) is 0 Å². The van der Waals surface area contributed by atoms with E-state index in [2.05, 4.69) is 10.3 Å². The summed E-state index contributed by atoms with van der Waals surface area (Å²) >= 11 is 0. The lowest BCUT2D eigenvalue weighted by Gasteiger charge is -2.33. The molecule has 1 N–H and O–H groups in total. The Hall–Kier alpha value is -3.43. The molecule has 3 amide bonds. The Morgan fingerprint density at radius 3 is 2.53 bits per heavy atom. The van der Waals surface area contributed by atoms with E-state index in [9.17, 15) is 27.6 Å². The quantitative estimate of drug-likeness (QED) is 0.723. The number of alkyl halides is 3. The summed E-state index contributed by atoms with van der Waals surface area (Å²) in [7, 11) is 0. The summed E-state index contributed by atoms with van der Waals surface area (Å²) in [4.78, 5) is 44.9. The molecule has 0 radical (unpaired) electrons. The van der Waals surface area contributed by atoms with Gasteiger partial charge in [0.25, 0.3) is 0 Å². The van der Waals surface area contributed by atoms with Crippen LogP contribution in [0, 0.1) is 11.8 Å². The van der Waals surface area contributed by atoms with Crippen molar-refractivity contribution in [2.75, 3.05) is 24.5 Å². The molecule has 2 fully saturated rings. The largest absolute Gasteiger partial charge is 0.416 e. The van der Waals surface area contributed by atoms with Crippen molar-refractivity contribution >= 4 is 23.4 Å².